The van der Waals surface area contributed by atoms with Crippen LogP contribution in [0.3, 0.4) is 0 Å². The van der Waals surface area contributed by atoms with Gasteiger partial charge in [-0.25, -0.2) is 14.9 Å². The molecule has 3 heterocycles. The zero-order chi connectivity index (χ0) is 19.0. The Morgan fingerprint density at radius 1 is 1.07 bits per heavy atom. The Balaban J connectivity index is 1.45. The maximum absolute atomic E-state index is 12.6. The first kappa shape index (κ1) is 17.0. The van der Waals surface area contributed by atoms with Crippen LogP contribution < -0.4 is 9.80 Å². The molecule has 0 radical (unpaired) electrons. The second-order valence-corrected chi connectivity index (χ2v) is 6.44. The predicted molar refractivity (Wildman–Crippen MR) is 93.4 cm³/mol. The smallest absolute Gasteiger partial charge is 0.282 e. The highest BCUT2D eigenvalue weighted by atomic mass is 16.6. The Hall–Kier alpha value is -3.40. The fourth-order valence-electron chi connectivity index (χ4n) is 3.47. The molecule has 27 heavy (non-hydrogen) atoms. The van der Waals surface area contributed by atoms with E-state index in [0.29, 0.717) is 32.1 Å². The van der Waals surface area contributed by atoms with Crippen LogP contribution in [0.25, 0.3) is 0 Å². The molecule has 0 spiro atoms. The van der Waals surface area contributed by atoms with Gasteiger partial charge in [-0.05, 0) is 12.1 Å². The van der Waals surface area contributed by atoms with Gasteiger partial charge in [-0.15, -0.1) is 0 Å². The molecule has 0 aliphatic carbocycles. The van der Waals surface area contributed by atoms with E-state index < -0.39 is 16.7 Å². The molecular formula is C17H17N6O4+. The van der Waals surface area contributed by atoms with Gasteiger partial charge in [0.15, 0.2) is 6.67 Å². The van der Waals surface area contributed by atoms with E-state index >= 15 is 0 Å². The number of nitro groups is 1. The van der Waals surface area contributed by atoms with E-state index in [0.717, 1.165) is 9.80 Å². The number of nitrogens with one attached hydrogen (secondary N) is 1. The molecule has 10 nitrogen and oxygen atoms in total. The number of carbonyl (C=O) groups excluding carboxylic acids is 2. The Bertz CT molecular complexity index is 911. The molecule has 2 aromatic rings. The first-order valence-electron chi connectivity index (χ1n) is 8.55. The second kappa shape index (κ2) is 6.72. The molecule has 1 aromatic carbocycles. The van der Waals surface area contributed by atoms with Gasteiger partial charge in [0.25, 0.3) is 17.5 Å². The third-order valence-electron chi connectivity index (χ3n) is 4.86. The van der Waals surface area contributed by atoms with Crippen LogP contribution in [0.2, 0.25) is 0 Å². The van der Waals surface area contributed by atoms with Crippen molar-refractivity contribution in [2.75, 3.05) is 37.7 Å². The van der Waals surface area contributed by atoms with Crippen molar-refractivity contribution in [2.24, 2.45) is 0 Å². The summed E-state index contributed by atoms with van der Waals surface area (Å²) < 4.78 is 0. The number of benzene rings is 1. The topological polar surface area (TPSA) is 114 Å². The number of fused-ring (bicyclic) bond motifs is 1. The first-order valence-corrected chi connectivity index (χ1v) is 8.55. The summed E-state index contributed by atoms with van der Waals surface area (Å²) in [4.78, 5) is 48.5. The number of amides is 2. The van der Waals surface area contributed by atoms with Crippen LogP contribution in [0.4, 0.5) is 11.6 Å². The van der Waals surface area contributed by atoms with Crippen molar-refractivity contribution in [1.82, 2.24) is 14.9 Å². The van der Waals surface area contributed by atoms with E-state index in [-0.39, 0.29) is 23.5 Å². The van der Waals surface area contributed by atoms with Crippen LogP contribution >= 0.6 is 0 Å². The molecule has 1 N–H and O–H groups in total. The van der Waals surface area contributed by atoms with Crippen LogP contribution in [-0.4, -0.2) is 64.5 Å². The van der Waals surface area contributed by atoms with E-state index in [1.165, 1.54) is 18.2 Å². The van der Waals surface area contributed by atoms with Crippen molar-refractivity contribution in [3.8, 4) is 0 Å². The van der Waals surface area contributed by atoms with Crippen molar-refractivity contribution < 1.29 is 19.4 Å². The van der Waals surface area contributed by atoms with Gasteiger partial charge in [0, 0.05) is 18.5 Å². The number of anilines is 1. The van der Waals surface area contributed by atoms with Crippen molar-refractivity contribution in [2.45, 2.75) is 0 Å². The fraction of sp³-hybridized carbons (Fsp3) is 0.294. The van der Waals surface area contributed by atoms with Crippen LogP contribution in [0.1, 0.15) is 20.7 Å². The molecular weight excluding hydrogens is 352 g/mol. The van der Waals surface area contributed by atoms with Gasteiger partial charge < -0.3 is 9.80 Å². The molecule has 1 aromatic heterocycles. The highest BCUT2D eigenvalue weighted by molar-refractivity contribution is 6.23. The van der Waals surface area contributed by atoms with Gasteiger partial charge in [-0.3, -0.25) is 19.7 Å². The average molecular weight is 369 g/mol. The minimum atomic E-state index is -0.626. The highest BCUT2D eigenvalue weighted by Gasteiger charge is 2.42. The van der Waals surface area contributed by atoms with E-state index in [4.69, 9.17) is 0 Å². The molecule has 0 saturated carbocycles. The number of hydrogen-bond acceptors (Lipinski definition) is 7. The van der Waals surface area contributed by atoms with Gasteiger partial charge in [0.2, 0.25) is 5.95 Å². The predicted octanol–water partition coefficient (Wildman–Crippen LogP) is -0.657. The average Bonchev–Trinajstić information content (AvgIpc) is 2.94. The van der Waals surface area contributed by atoms with Crippen LogP contribution in [0.15, 0.2) is 36.7 Å². The summed E-state index contributed by atoms with van der Waals surface area (Å²) in [6.45, 7) is 2.99. The van der Waals surface area contributed by atoms with Crippen molar-refractivity contribution in [3.05, 3.63) is 57.9 Å². The quantitative estimate of drug-likeness (QED) is 0.432. The minimum Gasteiger partial charge on any atom is -0.330 e. The molecule has 2 aliphatic heterocycles. The molecule has 2 amide bonds. The van der Waals surface area contributed by atoms with Gasteiger partial charge in [0.1, 0.15) is 5.56 Å². The van der Waals surface area contributed by atoms with Gasteiger partial charge >= 0.3 is 0 Å². The fourth-order valence-corrected chi connectivity index (χ4v) is 3.47. The summed E-state index contributed by atoms with van der Waals surface area (Å²) in [5.74, 6) is -0.406. The number of imide groups is 1. The Morgan fingerprint density at radius 3 is 2.44 bits per heavy atom. The number of nitro benzene ring substituents is 1. The number of quaternary nitrogens is 1. The summed E-state index contributed by atoms with van der Waals surface area (Å²) in [5, 5.41) is 11.2. The van der Waals surface area contributed by atoms with Gasteiger partial charge in [-0.2, -0.15) is 0 Å². The third-order valence-corrected chi connectivity index (χ3v) is 4.86. The molecule has 138 valence electrons. The van der Waals surface area contributed by atoms with E-state index in [2.05, 4.69) is 14.9 Å². The van der Waals surface area contributed by atoms with Crippen molar-refractivity contribution >= 4 is 23.5 Å². The number of carbonyl (C=O) groups is 2. The molecule has 0 unspecified atom stereocenters. The maximum Gasteiger partial charge on any atom is 0.282 e. The van der Waals surface area contributed by atoms with Crippen LogP contribution in [0.5, 0.6) is 0 Å². The monoisotopic (exact) mass is 369 g/mol. The van der Waals surface area contributed by atoms with Crippen LogP contribution in [0, 0.1) is 10.1 Å². The lowest BCUT2D eigenvalue weighted by atomic mass is 10.1. The minimum absolute atomic E-state index is 0.102. The zero-order valence-corrected chi connectivity index (χ0v) is 14.4. The number of rotatable bonds is 4. The maximum atomic E-state index is 12.6. The molecule has 1 saturated heterocycles. The molecule has 2 aliphatic rings. The molecule has 4 rings (SSSR count). The summed E-state index contributed by atoms with van der Waals surface area (Å²) in [5.41, 5.74) is -0.331. The summed E-state index contributed by atoms with van der Waals surface area (Å²) in [6.07, 6.45) is 3.38. The number of aromatic nitrogens is 2. The SMILES string of the molecule is O=C1c2cccc([N+](=O)[O-])c2C(=O)N1C[NH+]1CCN(c2ncccn2)CC1. The molecule has 0 bridgehead atoms. The molecule has 0 atom stereocenters. The van der Waals surface area contributed by atoms with Gasteiger partial charge in [-0.1, -0.05) is 6.07 Å². The second-order valence-electron chi connectivity index (χ2n) is 6.44. The largest absolute Gasteiger partial charge is 0.330 e. The highest BCUT2D eigenvalue weighted by Crippen LogP contribution is 2.30. The normalized spacial score (nSPS) is 17.3. The van der Waals surface area contributed by atoms with E-state index in [1.807, 2.05) is 0 Å². The van der Waals surface area contributed by atoms with Gasteiger partial charge in [0.05, 0.1) is 36.7 Å². The molecule has 10 heteroatoms. The standard InChI is InChI=1S/C17H16N6O4/c24-15-12-3-1-4-13(23(26)27)14(12)16(25)22(15)11-20-7-9-21(10-8-20)17-18-5-2-6-19-17/h1-6H,7-11H2/p+1. The van der Waals surface area contributed by atoms with Crippen LogP contribution in [-0.2, 0) is 0 Å². The van der Waals surface area contributed by atoms with E-state index in [9.17, 15) is 19.7 Å². The van der Waals surface area contributed by atoms with E-state index in [1.54, 1.807) is 18.5 Å². The molecule has 1 fully saturated rings. The summed E-state index contributed by atoms with van der Waals surface area (Å²) in [6, 6.07) is 5.89. The first-order chi connectivity index (χ1) is 13.1. The lowest BCUT2D eigenvalue weighted by molar-refractivity contribution is -0.907. The Morgan fingerprint density at radius 2 is 1.78 bits per heavy atom. The summed E-state index contributed by atoms with van der Waals surface area (Å²) in [7, 11) is 0. The third kappa shape index (κ3) is 2.99. The van der Waals surface area contributed by atoms with Crippen molar-refractivity contribution in [3.63, 3.8) is 0 Å². The number of piperazine rings is 1. The number of nitrogens with zero attached hydrogens (tertiary/aromatic N) is 5. The van der Waals surface area contributed by atoms with Crippen molar-refractivity contribution in [1.29, 1.82) is 0 Å². The Kier molecular flexibility index (Phi) is 4.24. The lowest BCUT2D eigenvalue weighted by Gasteiger charge is -2.33. The Labute approximate surface area is 154 Å². The summed E-state index contributed by atoms with van der Waals surface area (Å²) >= 11 is 0. The lowest BCUT2D eigenvalue weighted by Crippen LogP contribution is -3.16. The number of hydrogen-bond donors (Lipinski definition) is 1. The zero-order valence-electron chi connectivity index (χ0n) is 14.4.